The number of carbonyl (C=O) groups excluding carboxylic acids is 1. The highest BCUT2D eigenvalue weighted by Gasteiger charge is 2.40. The van der Waals surface area contributed by atoms with Gasteiger partial charge in [0.05, 0.1) is 7.11 Å². The lowest BCUT2D eigenvalue weighted by atomic mass is 9.79. The van der Waals surface area contributed by atoms with Crippen LogP contribution in [0.1, 0.15) is 17.9 Å². The number of anilines is 1. The third-order valence-electron chi connectivity index (χ3n) is 3.73. The molecule has 3 nitrogen and oxygen atoms in total. The second-order valence-electron chi connectivity index (χ2n) is 4.59. The summed E-state index contributed by atoms with van der Waals surface area (Å²) in [7, 11) is 1.45. The molecule has 0 saturated carbocycles. The summed E-state index contributed by atoms with van der Waals surface area (Å²) >= 11 is 0. The average Bonchev–Trinajstić information content (AvgIpc) is 2.86. The van der Waals surface area contributed by atoms with E-state index in [1.165, 1.54) is 12.7 Å². The van der Waals surface area contributed by atoms with Crippen molar-refractivity contribution in [1.82, 2.24) is 0 Å². The molecule has 0 saturated heterocycles. The summed E-state index contributed by atoms with van der Waals surface area (Å²) in [6.45, 7) is 0. The molecule has 0 radical (unpaired) electrons. The van der Waals surface area contributed by atoms with Crippen molar-refractivity contribution in [3.8, 4) is 0 Å². The van der Waals surface area contributed by atoms with Gasteiger partial charge in [-0.05, 0) is 18.1 Å². The first-order chi connectivity index (χ1) is 8.31. The van der Waals surface area contributed by atoms with Crippen molar-refractivity contribution in [2.45, 2.75) is 18.4 Å². The van der Waals surface area contributed by atoms with E-state index in [2.05, 4.69) is 23.5 Å². The highest BCUT2D eigenvalue weighted by Crippen LogP contribution is 2.44. The highest BCUT2D eigenvalue weighted by atomic mass is 16.5. The van der Waals surface area contributed by atoms with Gasteiger partial charge in [0.15, 0.2) is 0 Å². The van der Waals surface area contributed by atoms with Crippen LogP contribution in [0.4, 0.5) is 5.69 Å². The third kappa shape index (κ3) is 1.54. The van der Waals surface area contributed by atoms with E-state index in [-0.39, 0.29) is 17.9 Å². The molecule has 3 rings (SSSR count). The predicted molar refractivity (Wildman–Crippen MR) is 65.9 cm³/mol. The minimum Gasteiger partial charge on any atom is -0.467 e. The molecule has 1 aromatic carbocycles. The van der Waals surface area contributed by atoms with Crippen LogP contribution in [-0.4, -0.2) is 19.1 Å². The third-order valence-corrected chi connectivity index (χ3v) is 3.73. The van der Waals surface area contributed by atoms with Crippen molar-refractivity contribution in [2.24, 2.45) is 5.92 Å². The topological polar surface area (TPSA) is 38.3 Å². The van der Waals surface area contributed by atoms with Gasteiger partial charge >= 0.3 is 5.97 Å². The molecule has 1 aromatic rings. The van der Waals surface area contributed by atoms with Gasteiger partial charge in [0.1, 0.15) is 6.04 Å². The van der Waals surface area contributed by atoms with Gasteiger partial charge in [0.25, 0.3) is 0 Å². The number of allylic oxidation sites excluding steroid dienone is 2. The summed E-state index contributed by atoms with van der Waals surface area (Å²) in [5, 5.41) is 3.30. The van der Waals surface area contributed by atoms with E-state index in [9.17, 15) is 4.79 Å². The number of rotatable bonds is 1. The van der Waals surface area contributed by atoms with Crippen LogP contribution in [-0.2, 0) is 9.53 Å². The summed E-state index contributed by atoms with van der Waals surface area (Å²) in [5.74, 6) is 0.465. The molecule has 0 amide bonds. The molecule has 17 heavy (non-hydrogen) atoms. The Morgan fingerprint density at radius 3 is 3.06 bits per heavy atom. The van der Waals surface area contributed by atoms with Crippen LogP contribution in [0.5, 0.6) is 0 Å². The number of hydrogen-bond acceptors (Lipinski definition) is 3. The Labute approximate surface area is 100 Å². The molecule has 0 fully saturated rings. The molecule has 0 bridgehead atoms. The number of methoxy groups -OCH3 is 1. The number of nitrogens with one attached hydrogen (secondary N) is 1. The standard InChI is InChI=1S/C14H15NO2/c1-17-14(16)13-11-7-4-6-9(11)10-5-2-3-8-12(10)15-13/h2-6,8-9,11,13,15H,7H2,1H3/t9-,11-,13+/m0/s1. The Bertz CT molecular complexity index is 481. The fourth-order valence-electron chi connectivity index (χ4n) is 2.90. The van der Waals surface area contributed by atoms with Crippen molar-refractivity contribution in [3.63, 3.8) is 0 Å². The number of esters is 1. The lowest BCUT2D eigenvalue weighted by Gasteiger charge is -2.35. The zero-order chi connectivity index (χ0) is 11.8. The van der Waals surface area contributed by atoms with Crippen molar-refractivity contribution in [2.75, 3.05) is 12.4 Å². The fourth-order valence-corrected chi connectivity index (χ4v) is 2.90. The van der Waals surface area contributed by atoms with Gasteiger partial charge in [-0.15, -0.1) is 0 Å². The second kappa shape index (κ2) is 3.91. The van der Waals surface area contributed by atoms with E-state index in [1.807, 2.05) is 18.2 Å². The number of benzene rings is 1. The summed E-state index contributed by atoms with van der Waals surface area (Å²) < 4.78 is 4.88. The average molecular weight is 229 g/mol. The van der Waals surface area contributed by atoms with Crippen LogP contribution in [0.3, 0.4) is 0 Å². The first-order valence-corrected chi connectivity index (χ1v) is 5.91. The second-order valence-corrected chi connectivity index (χ2v) is 4.59. The first-order valence-electron chi connectivity index (χ1n) is 5.91. The van der Waals surface area contributed by atoms with Gasteiger partial charge < -0.3 is 10.1 Å². The van der Waals surface area contributed by atoms with Gasteiger partial charge in [-0.2, -0.15) is 0 Å². The SMILES string of the molecule is COC(=O)[C@@H]1Nc2ccccc2[C@@H]2C=CC[C@H]12. The van der Waals surface area contributed by atoms with Gasteiger partial charge in [-0.3, -0.25) is 0 Å². The van der Waals surface area contributed by atoms with E-state index in [0.29, 0.717) is 5.92 Å². The summed E-state index contributed by atoms with van der Waals surface area (Å²) in [4.78, 5) is 11.8. The molecule has 1 N–H and O–H groups in total. The zero-order valence-corrected chi connectivity index (χ0v) is 9.72. The molecule has 2 aliphatic rings. The van der Waals surface area contributed by atoms with Crippen molar-refractivity contribution >= 4 is 11.7 Å². The minimum atomic E-state index is -0.227. The molecule has 3 atom stereocenters. The number of hydrogen-bond donors (Lipinski definition) is 1. The van der Waals surface area contributed by atoms with Crippen LogP contribution >= 0.6 is 0 Å². The van der Waals surface area contributed by atoms with Gasteiger partial charge in [0, 0.05) is 17.5 Å². The maximum atomic E-state index is 11.8. The number of fused-ring (bicyclic) bond motifs is 3. The van der Waals surface area contributed by atoms with Gasteiger partial charge in [-0.25, -0.2) is 4.79 Å². The van der Waals surface area contributed by atoms with Crippen molar-refractivity contribution in [1.29, 1.82) is 0 Å². The number of ether oxygens (including phenoxy) is 1. The molecular formula is C14H15NO2. The van der Waals surface area contributed by atoms with E-state index in [4.69, 9.17) is 4.74 Å². The van der Waals surface area contributed by atoms with Crippen LogP contribution < -0.4 is 5.32 Å². The maximum absolute atomic E-state index is 11.8. The Kier molecular flexibility index (Phi) is 2.39. The normalized spacial score (nSPS) is 29.1. The quantitative estimate of drug-likeness (QED) is 0.593. The molecular weight excluding hydrogens is 214 g/mol. The van der Waals surface area contributed by atoms with Crippen molar-refractivity contribution < 1.29 is 9.53 Å². The molecule has 0 unspecified atom stereocenters. The van der Waals surface area contributed by atoms with Crippen LogP contribution in [0.15, 0.2) is 36.4 Å². The van der Waals surface area contributed by atoms with E-state index >= 15 is 0 Å². The molecule has 1 aliphatic carbocycles. The van der Waals surface area contributed by atoms with E-state index in [0.717, 1.165) is 12.1 Å². The maximum Gasteiger partial charge on any atom is 0.328 e. The summed E-state index contributed by atoms with van der Waals surface area (Å²) in [6, 6.07) is 7.95. The lowest BCUT2D eigenvalue weighted by molar-refractivity contribution is -0.142. The van der Waals surface area contributed by atoms with Crippen LogP contribution in [0.2, 0.25) is 0 Å². The van der Waals surface area contributed by atoms with E-state index < -0.39 is 0 Å². The Morgan fingerprint density at radius 1 is 1.41 bits per heavy atom. The molecule has 88 valence electrons. The molecule has 3 heteroatoms. The predicted octanol–water partition coefficient (Wildman–Crippen LogP) is 2.31. The van der Waals surface area contributed by atoms with E-state index in [1.54, 1.807) is 0 Å². The smallest absolute Gasteiger partial charge is 0.328 e. The fraction of sp³-hybridized carbons (Fsp3) is 0.357. The van der Waals surface area contributed by atoms with Gasteiger partial charge in [0.2, 0.25) is 0 Å². The monoisotopic (exact) mass is 229 g/mol. The Balaban J connectivity index is 2.02. The molecule has 1 heterocycles. The number of carbonyl (C=O) groups is 1. The molecule has 1 aliphatic heterocycles. The molecule has 0 spiro atoms. The van der Waals surface area contributed by atoms with Crippen molar-refractivity contribution in [3.05, 3.63) is 42.0 Å². The van der Waals surface area contributed by atoms with Crippen LogP contribution in [0.25, 0.3) is 0 Å². The highest BCUT2D eigenvalue weighted by molar-refractivity contribution is 5.82. The Morgan fingerprint density at radius 2 is 2.24 bits per heavy atom. The Hall–Kier alpha value is -1.77. The van der Waals surface area contributed by atoms with Gasteiger partial charge in [-0.1, -0.05) is 30.4 Å². The summed E-state index contributed by atoms with van der Waals surface area (Å²) in [6.07, 6.45) is 5.31. The summed E-state index contributed by atoms with van der Waals surface area (Å²) in [5.41, 5.74) is 2.34. The molecule has 0 aromatic heterocycles. The lowest BCUT2D eigenvalue weighted by Crippen LogP contribution is -2.42. The largest absolute Gasteiger partial charge is 0.467 e. The minimum absolute atomic E-state index is 0.168. The number of para-hydroxylation sites is 1. The van der Waals surface area contributed by atoms with Crippen LogP contribution in [0, 0.1) is 5.92 Å². The first kappa shape index (κ1) is 10.4. The zero-order valence-electron chi connectivity index (χ0n) is 9.72.